The molecular formula is C17H13Cl2F2N3O2. The number of anilines is 2. The number of nitrogens with zero attached hydrogens (tertiary/aromatic N) is 2. The number of rotatable bonds is 4. The molecule has 1 N–H and O–H groups in total. The average Bonchev–Trinajstić information content (AvgIpc) is 2.95. The molecule has 3 rings (SSSR count). The van der Waals surface area contributed by atoms with Crippen LogP contribution in [-0.4, -0.2) is 36.5 Å². The molecule has 0 atom stereocenters. The van der Waals surface area contributed by atoms with E-state index in [9.17, 15) is 18.4 Å². The van der Waals surface area contributed by atoms with Crippen molar-refractivity contribution in [2.45, 2.75) is 0 Å². The van der Waals surface area contributed by atoms with E-state index in [1.807, 2.05) is 0 Å². The van der Waals surface area contributed by atoms with E-state index in [0.29, 0.717) is 10.7 Å². The lowest BCUT2D eigenvalue weighted by molar-refractivity contribution is -0.116. The Morgan fingerprint density at radius 3 is 2.62 bits per heavy atom. The number of carbonyl (C=O) groups is 2. The molecule has 0 aromatic heterocycles. The van der Waals surface area contributed by atoms with Gasteiger partial charge in [0.1, 0.15) is 6.54 Å². The van der Waals surface area contributed by atoms with E-state index in [1.54, 1.807) is 18.2 Å². The maximum atomic E-state index is 13.4. The number of benzene rings is 2. The number of urea groups is 1. The van der Waals surface area contributed by atoms with Crippen LogP contribution in [0.15, 0.2) is 36.4 Å². The second kappa shape index (κ2) is 7.47. The van der Waals surface area contributed by atoms with Crippen LogP contribution in [0.4, 0.5) is 25.0 Å². The molecule has 0 bridgehead atoms. The van der Waals surface area contributed by atoms with Crippen molar-refractivity contribution in [2.75, 3.05) is 29.9 Å². The Bertz CT molecular complexity index is 879. The molecule has 2 aromatic rings. The second-order valence-corrected chi connectivity index (χ2v) is 6.39. The van der Waals surface area contributed by atoms with Gasteiger partial charge in [0.25, 0.3) is 0 Å². The zero-order valence-electron chi connectivity index (χ0n) is 13.3. The van der Waals surface area contributed by atoms with Crippen molar-refractivity contribution in [2.24, 2.45) is 0 Å². The Hall–Kier alpha value is -2.38. The summed E-state index contributed by atoms with van der Waals surface area (Å²) in [7, 11) is 0. The monoisotopic (exact) mass is 399 g/mol. The molecular weight excluding hydrogens is 387 g/mol. The molecule has 26 heavy (non-hydrogen) atoms. The van der Waals surface area contributed by atoms with Crippen LogP contribution in [0.25, 0.3) is 0 Å². The van der Waals surface area contributed by atoms with Crippen molar-refractivity contribution < 1.29 is 18.4 Å². The standard InChI is InChI=1S/C17H13Cl2F2N3O2/c18-11-2-1-3-14(16(11)19)22-15(25)9-23-6-7-24(17(23)26)10-4-5-12(20)13(21)8-10/h1-5,8H,6-7,9H2,(H,22,25). The largest absolute Gasteiger partial charge is 0.325 e. The summed E-state index contributed by atoms with van der Waals surface area (Å²) in [6.45, 7) is 0.325. The van der Waals surface area contributed by atoms with E-state index in [0.717, 1.165) is 12.1 Å². The minimum absolute atomic E-state index is 0.206. The number of amides is 3. The number of hydrogen-bond acceptors (Lipinski definition) is 2. The summed E-state index contributed by atoms with van der Waals surface area (Å²) >= 11 is 11.9. The van der Waals surface area contributed by atoms with Gasteiger partial charge in [0.05, 0.1) is 15.7 Å². The molecule has 1 saturated heterocycles. The van der Waals surface area contributed by atoms with Gasteiger partial charge in [0, 0.05) is 24.8 Å². The summed E-state index contributed by atoms with van der Waals surface area (Å²) < 4.78 is 26.4. The van der Waals surface area contributed by atoms with E-state index in [4.69, 9.17) is 23.2 Å². The molecule has 0 unspecified atom stereocenters. The molecule has 1 aliphatic rings. The lowest BCUT2D eigenvalue weighted by atomic mass is 10.3. The third kappa shape index (κ3) is 3.73. The topological polar surface area (TPSA) is 52.7 Å². The van der Waals surface area contributed by atoms with Crippen LogP contribution in [-0.2, 0) is 4.79 Å². The Morgan fingerprint density at radius 2 is 1.88 bits per heavy atom. The SMILES string of the molecule is O=C(CN1CCN(c2ccc(F)c(F)c2)C1=O)Nc1cccc(Cl)c1Cl. The van der Waals surface area contributed by atoms with Crippen molar-refractivity contribution in [1.29, 1.82) is 0 Å². The smallest absolute Gasteiger partial charge is 0.323 e. The maximum absolute atomic E-state index is 13.4. The zero-order chi connectivity index (χ0) is 18.8. The number of nitrogens with one attached hydrogen (secondary N) is 1. The molecule has 0 aliphatic carbocycles. The minimum atomic E-state index is -1.04. The average molecular weight is 400 g/mol. The van der Waals surface area contributed by atoms with E-state index < -0.39 is 23.6 Å². The van der Waals surface area contributed by atoms with Crippen LogP contribution >= 0.6 is 23.2 Å². The second-order valence-electron chi connectivity index (χ2n) is 5.60. The molecule has 0 radical (unpaired) electrons. The van der Waals surface area contributed by atoms with Crippen molar-refractivity contribution >= 4 is 46.5 Å². The zero-order valence-corrected chi connectivity index (χ0v) is 14.8. The summed E-state index contributed by atoms with van der Waals surface area (Å²) in [5.41, 5.74) is 0.572. The fourth-order valence-electron chi connectivity index (χ4n) is 2.59. The van der Waals surface area contributed by atoms with Crippen LogP contribution < -0.4 is 10.2 Å². The van der Waals surface area contributed by atoms with Gasteiger partial charge in [0.2, 0.25) is 5.91 Å². The van der Waals surface area contributed by atoms with Gasteiger partial charge in [-0.3, -0.25) is 9.69 Å². The Labute approximate surface area is 158 Å². The first-order valence-electron chi connectivity index (χ1n) is 7.62. The summed E-state index contributed by atoms with van der Waals surface area (Å²) in [6.07, 6.45) is 0. The van der Waals surface area contributed by atoms with Crippen LogP contribution in [0.5, 0.6) is 0 Å². The molecule has 9 heteroatoms. The third-order valence-corrected chi connectivity index (χ3v) is 4.69. The quantitative estimate of drug-likeness (QED) is 0.839. The summed E-state index contributed by atoms with van der Waals surface area (Å²) in [5.74, 6) is -2.48. The molecule has 1 fully saturated rings. The highest BCUT2D eigenvalue weighted by Gasteiger charge is 2.31. The highest BCUT2D eigenvalue weighted by Crippen LogP contribution is 2.29. The van der Waals surface area contributed by atoms with Crippen molar-refractivity contribution in [3.05, 3.63) is 58.1 Å². The first-order valence-corrected chi connectivity index (χ1v) is 8.38. The fourth-order valence-corrected chi connectivity index (χ4v) is 2.93. The molecule has 3 amide bonds. The number of halogens is 4. The van der Waals surface area contributed by atoms with Crippen molar-refractivity contribution in [3.63, 3.8) is 0 Å². The van der Waals surface area contributed by atoms with Gasteiger partial charge < -0.3 is 10.2 Å². The number of carbonyl (C=O) groups excluding carboxylic acids is 2. The highest BCUT2D eigenvalue weighted by molar-refractivity contribution is 6.44. The van der Waals surface area contributed by atoms with E-state index in [2.05, 4.69) is 5.32 Å². The van der Waals surface area contributed by atoms with Gasteiger partial charge in [-0.05, 0) is 24.3 Å². The normalized spacial score (nSPS) is 14.1. The number of hydrogen-bond donors (Lipinski definition) is 1. The maximum Gasteiger partial charge on any atom is 0.325 e. The van der Waals surface area contributed by atoms with Gasteiger partial charge in [-0.15, -0.1) is 0 Å². The van der Waals surface area contributed by atoms with Crippen LogP contribution in [0.3, 0.4) is 0 Å². The summed E-state index contributed by atoms with van der Waals surface area (Å²) in [6, 6.07) is 7.55. The first kappa shape index (κ1) is 18.4. The van der Waals surface area contributed by atoms with Gasteiger partial charge in [-0.1, -0.05) is 29.3 Å². The molecule has 1 aliphatic heterocycles. The molecule has 5 nitrogen and oxygen atoms in total. The fraction of sp³-hybridized carbons (Fsp3) is 0.176. The van der Waals surface area contributed by atoms with Gasteiger partial charge in [-0.25, -0.2) is 13.6 Å². The lowest BCUT2D eigenvalue weighted by Crippen LogP contribution is -2.37. The Kier molecular flexibility index (Phi) is 5.29. The Balaban J connectivity index is 1.66. The predicted octanol–water partition coefficient (Wildman–Crippen LogP) is 4.15. The lowest BCUT2D eigenvalue weighted by Gasteiger charge is -2.18. The van der Waals surface area contributed by atoms with E-state index in [1.165, 1.54) is 15.9 Å². The van der Waals surface area contributed by atoms with Crippen molar-refractivity contribution in [1.82, 2.24) is 4.90 Å². The third-order valence-electron chi connectivity index (χ3n) is 3.87. The van der Waals surface area contributed by atoms with E-state index in [-0.39, 0.29) is 30.3 Å². The summed E-state index contributed by atoms with van der Waals surface area (Å²) in [5, 5.41) is 3.10. The van der Waals surface area contributed by atoms with E-state index >= 15 is 0 Å². The first-order chi connectivity index (χ1) is 12.4. The van der Waals surface area contributed by atoms with Gasteiger partial charge >= 0.3 is 6.03 Å². The van der Waals surface area contributed by atoms with Crippen LogP contribution in [0.1, 0.15) is 0 Å². The minimum Gasteiger partial charge on any atom is -0.323 e. The van der Waals surface area contributed by atoms with Crippen LogP contribution in [0.2, 0.25) is 10.0 Å². The molecule has 2 aromatic carbocycles. The highest BCUT2D eigenvalue weighted by atomic mass is 35.5. The van der Waals surface area contributed by atoms with Gasteiger partial charge in [-0.2, -0.15) is 0 Å². The Morgan fingerprint density at radius 1 is 1.12 bits per heavy atom. The molecule has 1 heterocycles. The summed E-state index contributed by atoms with van der Waals surface area (Å²) in [4.78, 5) is 27.2. The van der Waals surface area contributed by atoms with Crippen molar-refractivity contribution in [3.8, 4) is 0 Å². The van der Waals surface area contributed by atoms with Gasteiger partial charge in [0.15, 0.2) is 11.6 Å². The predicted molar refractivity (Wildman–Crippen MR) is 95.8 cm³/mol. The molecule has 136 valence electrons. The molecule has 0 spiro atoms. The van der Waals surface area contributed by atoms with Crippen LogP contribution in [0, 0.1) is 11.6 Å². The molecule has 0 saturated carbocycles.